The van der Waals surface area contributed by atoms with Gasteiger partial charge in [-0.15, -0.1) is 0 Å². The first-order valence-corrected chi connectivity index (χ1v) is 10.5. The molecule has 0 spiro atoms. The molecule has 1 unspecified atom stereocenters. The smallest absolute Gasteiger partial charge is 0.191 e. The molecule has 1 aliphatic rings. The topological polar surface area (TPSA) is 57.5 Å². The van der Waals surface area contributed by atoms with E-state index in [-0.39, 0.29) is 0 Å². The highest BCUT2D eigenvalue weighted by Crippen LogP contribution is 2.18. The number of nitrogens with zero attached hydrogens (tertiary/aromatic N) is 4. The van der Waals surface area contributed by atoms with E-state index < -0.39 is 0 Å². The first-order valence-electron chi connectivity index (χ1n) is 10.5. The summed E-state index contributed by atoms with van der Waals surface area (Å²) in [4.78, 5) is 11.6. The predicted octanol–water partition coefficient (Wildman–Crippen LogP) is 2.79. The van der Waals surface area contributed by atoms with Gasteiger partial charge in [-0.05, 0) is 52.5 Å². The van der Waals surface area contributed by atoms with Crippen molar-refractivity contribution >= 4 is 5.96 Å². The van der Waals surface area contributed by atoms with Gasteiger partial charge < -0.3 is 15.2 Å². The van der Waals surface area contributed by atoms with Gasteiger partial charge in [-0.25, -0.2) is 4.98 Å². The van der Waals surface area contributed by atoms with Crippen molar-refractivity contribution in [3.05, 3.63) is 18.2 Å². The third-order valence-electron chi connectivity index (χ3n) is 5.26. The molecule has 1 aromatic heterocycles. The lowest BCUT2D eigenvalue weighted by molar-refractivity contribution is 0.147. The van der Waals surface area contributed by atoms with Crippen LogP contribution in [0.4, 0.5) is 0 Å². The minimum Gasteiger partial charge on any atom is -0.357 e. The predicted molar refractivity (Wildman–Crippen MR) is 110 cm³/mol. The molecule has 6 nitrogen and oxygen atoms in total. The van der Waals surface area contributed by atoms with E-state index in [4.69, 9.17) is 4.99 Å². The molecular formula is C20H38N6. The largest absolute Gasteiger partial charge is 0.357 e. The van der Waals surface area contributed by atoms with Gasteiger partial charge in [0.05, 0.1) is 0 Å². The van der Waals surface area contributed by atoms with Crippen LogP contribution in [-0.2, 0) is 6.54 Å². The average molecular weight is 363 g/mol. The minimum atomic E-state index is 0.775. The van der Waals surface area contributed by atoms with Gasteiger partial charge in [0, 0.05) is 51.2 Å². The van der Waals surface area contributed by atoms with E-state index in [9.17, 15) is 0 Å². The molecule has 6 heteroatoms. The number of piperidine rings is 1. The van der Waals surface area contributed by atoms with Crippen molar-refractivity contribution in [2.24, 2.45) is 4.99 Å². The number of imidazole rings is 1. The number of aromatic nitrogens is 2. The summed E-state index contributed by atoms with van der Waals surface area (Å²) < 4.78 is 2.20. The van der Waals surface area contributed by atoms with Crippen molar-refractivity contribution in [3.63, 3.8) is 0 Å². The van der Waals surface area contributed by atoms with Crippen LogP contribution in [0.25, 0.3) is 0 Å². The van der Waals surface area contributed by atoms with Crippen LogP contribution in [0.15, 0.2) is 17.4 Å². The number of hydrogen-bond acceptors (Lipinski definition) is 3. The maximum absolute atomic E-state index is 4.73. The summed E-state index contributed by atoms with van der Waals surface area (Å²) in [5, 5.41) is 6.87. The number of aliphatic imine (C=N–C) groups is 1. The van der Waals surface area contributed by atoms with Gasteiger partial charge in [0.2, 0.25) is 0 Å². The van der Waals surface area contributed by atoms with Crippen LogP contribution in [0.3, 0.4) is 0 Å². The third kappa shape index (κ3) is 6.98. The zero-order chi connectivity index (χ0) is 18.6. The Kier molecular flexibility index (Phi) is 9.53. The van der Waals surface area contributed by atoms with Crippen LogP contribution in [0, 0.1) is 6.92 Å². The van der Waals surface area contributed by atoms with Gasteiger partial charge in [0.15, 0.2) is 5.96 Å². The molecule has 0 aliphatic carbocycles. The van der Waals surface area contributed by atoms with Crippen molar-refractivity contribution in [1.29, 1.82) is 0 Å². The Labute approximate surface area is 159 Å². The quantitative estimate of drug-likeness (QED) is 0.382. The summed E-state index contributed by atoms with van der Waals surface area (Å²) in [6.45, 7) is 12.6. The number of likely N-dealkylation sites (tertiary alicyclic amines) is 1. The number of nitrogens with one attached hydrogen (secondary N) is 2. The van der Waals surface area contributed by atoms with E-state index in [1.165, 1.54) is 32.2 Å². The minimum absolute atomic E-state index is 0.775. The molecule has 1 aliphatic heterocycles. The van der Waals surface area contributed by atoms with Crippen LogP contribution in [0.1, 0.15) is 58.2 Å². The highest BCUT2D eigenvalue weighted by Gasteiger charge is 2.19. The molecule has 2 N–H and O–H groups in total. The molecule has 0 saturated carbocycles. The lowest BCUT2D eigenvalue weighted by atomic mass is 10.0. The monoisotopic (exact) mass is 362 g/mol. The summed E-state index contributed by atoms with van der Waals surface area (Å²) in [5.41, 5.74) is 0. The molecule has 0 radical (unpaired) electrons. The Morgan fingerprint density at radius 1 is 1.23 bits per heavy atom. The van der Waals surface area contributed by atoms with E-state index in [0.717, 1.165) is 63.4 Å². The number of aryl methyl sites for hydroxylation is 2. The van der Waals surface area contributed by atoms with E-state index in [0.29, 0.717) is 0 Å². The molecule has 0 amide bonds. The molecule has 26 heavy (non-hydrogen) atoms. The zero-order valence-corrected chi connectivity index (χ0v) is 17.0. The van der Waals surface area contributed by atoms with Crippen molar-refractivity contribution in [2.45, 2.75) is 71.9 Å². The van der Waals surface area contributed by atoms with Gasteiger partial charge >= 0.3 is 0 Å². The second-order valence-electron chi connectivity index (χ2n) is 7.16. The molecule has 1 atom stereocenters. The van der Waals surface area contributed by atoms with Gasteiger partial charge in [-0.1, -0.05) is 13.3 Å². The molecule has 2 heterocycles. The fourth-order valence-corrected chi connectivity index (χ4v) is 3.70. The molecular weight excluding hydrogens is 324 g/mol. The normalized spacial score (nSPS) is 18.9. The molecule has 2 rings (SSSR count). The van der Waals surface area contributed by atoms with Gasteiger partial charge in [-0.2, -0.15) is 0 Å². The van der Waals surface area contributed by atoms with E-state index in [2.05, 4.69) is 45.9 Å². The van der Waals surface area contributed by atoms with Crippen molar-refractivity contribution < 1.29 is 0 Å². The zero-order valence-electron chi connectivity index (χ0n) is 17.0. The summed E-state index contributed by atoms with van der Waals surface area (Å²) in [5.74, 6) is 2.04. The van der Waals surface area contributed by atoms with E-state index >= 15 is 0 Å². The van der Waals surface area contributed by atoms with Crippen molar-refractivity contribution in [1.82, 2.24) is 25.1 Å². The lowest BCUT2D eigenvalue weighted by Crippen LogP contribution is -2.46. The fraction of sp³-hybridized carbons (Fsp3) is 0.800. The van der Waals surface area contributed by atoms with Crippen LogP contribution in [0.2, 0.25) is 0 Å². The van der Waals surface area contributed by atoms with Crippen molar-refractivity contribution in [3.8, 4) is 0 Å². The van der Waals surface area contributed by atoms with E-state index in [1.807, 2.05) is 12.4 Å². The molecule has 1 saturated heterocycles. The van der Waals surface area contributed by atoms with Crippen LogP contribution < -0.4 is 10.6 Å². The van der Waals surface area contributed by atoms with E-state index in [1.54, 1.807) is 0 Å². The first kappa shape index (κ1) is 20.7. The maximum Gasteiger partial charge on any atom is 0.191 e. The van der Waals surface area contributed by atoms with Crippen LogP contribution in [0.5, 0.6) is 0 Å². The maximum atomic E-state index is 4.73. The van der Waals surface area contributed by atoms with Crippen LogP contribution in [-0.4, -0.2) is 59.2 Å². The Morgan fingerprint density at radius 3 is 2.85 bits per heavy atom. The van der Waals surface area contributed by atoms with Gasteiger partial charge in [0.1, 0.15) is 5.82 Å². The Balaban J connectivity index is 1.66. The Bertz CT molecular complexity index is 524. The number of guanidine groups is 1. The number of rotatable bonds is 10. The second kappa shape index (κ2) is 11.9. The second-order valence-corrected chi connectivity index (χ2v) is 7.16. The van der Waals surface area contributed by atoms with Gasteiger partial charge in [0.25, 0.3) is 0 Å². The standard InChI is InChI=1S/C20H38N6/c1-4-19-10-6-8-15-26(19)17-13-24-20(21-5-2)23-11-7-9-14-25-16-12-22-18(25)3/h12,16,19H,4-11,13-15,17H2,1-3H3,(H2,21,23,24). The fourth-order valence-electron chi connectivity index (χ4n) is 3.70. The molecule has 1 fully saturated rings. The van der Waals surface area contributed by atoms with Gasteiger partial charge in [-0.3, -0.25) is 9.89 Å². The molecule has 1 aromatic rings. The summed E-state index contributed by atoms with van der Waals surface area (Å²) in [6, 6.07) is 0.775. The summed E-state index contributed by atoms with van der Waals surface area (Å²) in [6.07, 6.45) is 11.5. The Hall–Kier alpha value is -1.56. The van der Waals surface area contributed by atoms with Crippen LogP contribution >= 0.6 is 0 Å². The highest BCUT2D eigenvalue weighted by molar-refractivity contribution is 5.79. The SMILES string of the molecule is CCNC(=NCCCCn1ccnc1C)NCCN1CCCCC1CC. The highest BCUT2D eigenvalue weighted by atomic mass is 15.2. The summed E-state index contributed by atoms with van der Waals surface area (Å²) in [7, 11) is 0. The first-order chi connectivity index (χ1) is 12.7. The summed E-state index contributed by atoms with van der Waals surface area (Å²) >= 11 is 0. The molecule has 148 valence electrons. The average Bonchev–Trinajstić information content (AvgIpc) is 3.06. The van der Waals surface area contributed by atoms with Crippen molar-refractivity contribution in [2.75, 3.05) is 32.7 Å². The third-order valence-corrected chi connectivity index (χ3v) is 5.26. The number of hydrogen-bond donors (Lipinski definition) is 2. The Morgan fingerprint density at radius 2 is 2.12 bits per heavy atom. The lowest BCUT2D eigenvalue weighted by Gasteiger charge is -2.35. The molecule has 0 aromatic carbocycles. The number of unbranched alkanes of at least 4 members (excludes halogenated alkanes) is 1. The molecule has 0 bridgehead atoms.